The van der Waals surface area contributed by atoms with Crippen LogP contribution in [0.4, 0.5) is 17.2 Å². The number of pyridine rings is 1. The number of rotatable bonds is 8. The van der Waals surface area contributed by atoms with Gasteiger partial charge in [-0.3, -0.25) is 10.1 Å². The number of ether oxygens (including phenoxy) is 1. The van der Waals surface area contributed by atoms with Crippen molar-refractivity contribution in [3.8, 4) is 0 Å². The first-order valence-corrected chi connectivity index (χ1v) is 8.18. The lowest BCUT2D eigenvalue weighted by atomic mass is 10.1. The number of hydrogen-bond donors (Lipinski definition) is 1. The molecule has 0 amide bonds. The van der Waals surface area contributed by atoms with Crippen LogP contribution in [0.2, 0.25) is 0 Å². The quantitative estimate of drug-likeness (QED) is 0.335. The molecule has 0 atom stereocenters. The Kier molecular flexibility index (Phi) is 6.48. The van der Waals surface area contributed by atoms with Gasteiger partial charge in [-0.25, -0.2) is 9.78 Å². The number of aromatic nitrogens is 1. The monoisotopic (exact) mass is 358 g/mol. The van der Waals surface area contributed by atoms with E-state index in [2.05, 4.69) is 10.3 Å². The Morgan fingerprint density at radius 1 is 1.31 bits per heavy atom. The number of nitrogens with one attached hydrogen (secondary N) is 1. The molecule has 1 heterocycles. The van der Waals surface area contributed by atoms with E-state index < -0.39 is 4.92 Å². The average Bonchev–Trinajstić information content (AvgIpc) is 2.61. The molecule has 1 N–H and O–H groups in total. The smallest absolute Gasteiger partial charge is 0.338 e. The van der Waals surface area contributed by atoms with Gasteiger partial charge >= 0.3 is 5.97 Å². The van der Waals surface area contributed by atoms with Gasteiger partial charge in [0.1, 0.15) is 12.0 Å². The molecular weight excluding hydrogens is 336 g/mol. The summed E-state index contributed by atoms with van der Waals surface area (Å²) < 4.78 is 5.27. The molecular formula is C18H22N4O4. The van der Waals surface area contributed by atoms with Gasteiger partial charge in [0.2, 0.25) is 0 Å². The van der Waals surface area contributed by atoms with Gasteiger partial charge in [0.25, 0.3) is 5.69 Å². The van der Waals surface area contributed by atoms with Crippen molar-refractivity contribution in [2.75, 3.05) is 37.5 Å². The fourth-order valence-electron chi connectivity index (χ4n) is 2.42. The minimum absolute atomic E-state index is 0.0555. The van der Waals surface area contributed by atoms with Gasteiger partial charge in [0.05, 0.1) is 17.1 Å². The summed E-state index contributed by atoms with van der Waals surface area (Å²) in [6, 6.07) is 8.39. The highest BCUT2D eigenvalue weighted by atomic mass is 16.6. The molecule has 26 heavy (non-hydrogen) atoms. The number of carbonyl (C=O) groups is 1. The van der Waals surface area contributed by atoms with Crippen LogP contribution in [0, 0.1) is 17.0 Å². The van der Waals surface area contributed by atoms with Crippen molar-refractivity contribution >= 4 is 23.2 Å². The Balaban J connectivity index is 1.75. The summed E-state index contributed by atoms with van der Waals surface area (Å²) in [6.07, 6.45) is 1.79. The standard InChI is InChI=1S/C18H22N4O4/c1-13-11-14(5-7-16(13)21(2)3)18(23)26-10-4-9-19-17-8-6-15(12-20-17)22(24)25/h5-8,11-12H,4,9-10H2,1-3H3,(H,19,20). The minimum atomic E-state index is -0.497. The Morgan fingerprint density at radius 3 is 2.65 bits per heavy atom. The van der Waals surface area contributed by atoms with Crippen molar-refractivity contribution in [1.29, 1.82) is 0 Å². The normalized spacial score (nSPS) is 10.3. The third-order valence-corrected chi connectivity index (χ3v) is 3.73. The maximum absolute atomic E-state index is 12.1. The number of esters is 1. The van der Waals surface area contributed by atoms with Gasteiger partial charge in [0.15, 0.2) is 0 Å². The first-order chi connectivity index (χ1) is 12.4. The van der Waals surface area contributed by atoms with Crippen molar-refractivity contribution in [2.45, 2.75) is 13.3 Å². The topological polar surface area (TPSA) is 97.6 Å². The molecule has 0 bridgehead atoms. The molecule has 138 valence electrons. The van der Waals surface area contributed by atoms with E-state index in [1.807, 2.05) is 38.1 Å². The molecule has 1 aromatic heterocycles. The van der Waals surface area contributed by atoms with Crippen LogP contribution in [0.1, 0.15) is 22.3 Å². The zero-order valence-corrected chi connectivity index (χ0v) is 15.1. The van der Waals surface area contributed by atoms with Crippen LogP contribution in [0.25, 0.3) is 0 Å². The van der Waals surface area contributed by atoms with Gasteiger partial charge in [-0.05, 0) is 43.2 Å². The predicted molar refractivity (Wildman–Crippen MR) is 99.8 cm³/mol. The second-order valence-corrected chi connectivity index (χ2v) is 5.97. The van der Waals surface area contributed by atoms with Crippen LogP contribution in [0.15, 0.2) is 36.5 Å². The molecule has 2 rings (SSSR count). The molecule has 0 radical (unpaired) electrons. The summed E-state index contributed by atoms with van der Waals surface area (Å²) in [5.41, 5.74) is 2.54. The summed E-state index contributed by atoms with van der Waals surface area (Å²) in [6.45, 7) is 2.76. The fraction of sp³-hybridized carbons (Fsp3) is 0.333. The number of nitro groups is 1. The van der Waals surface area contributed by atoms with E-state index in [0.29, 0.717) is 24.3 Å². The first-order valence-electron chi connectivity index (χ1n) is 8.18. The van der Waals surface area contributed by atoms with Crippen LogP contribution < -0.4 is 10.2 Å². The lowest BCUT2D eigenvalue weighted by molar-refractivity contribution is -0.385. The summed E-state index contributed by atoms with van der Waals surface area (Å²) >= 11 is 0. The van der Waals surface area contributed by atoms with Crippen molar-refractivity contribution in [1.82, 2.24) is 4.98 Å². The third kappa shape index (κ3) is 5.17. The molecule has 0 fully saturated rings. The number of carbonyl (C=O) groups excluding carboxylic acids is 1. The van der Waals surface area contributed by atoms with Crippen molar-refractivity contribution < 1.29 is 14.5 Å². The summed E-state index contributed by atoms with van der Waals surface area (Å²) in [7, 11) is 3.90. The van der Waals surface area contributed by atoms with E-state index in [-0.39, 0.29) is 18.3 Å². The summed E-state index contributed by atoms with van der Waals surface area (Å²) in [5, 5.41) is 13.6. The molecule has 0 unspecified atom stereocenters. The number of benzene rings is 1. The van der Waals surface area contributed by atoms with Gasteiger partial charge in [-0.1, -0.05) is 0 Å². The second kappa shape index (κ2) is 8.80. The first kappa shape index (κ1) is 19.2. The van der Waals surface area contributed by atoms with Crippen molar-refractivity contribution in [3.05, 3.63) is 57.8 Å². The van der Waals surface area contributed by atoms with Crippen molar-refractivity contribution in [3.63, 3.8) is 0 Å². The highest BCUT2D eigenvalue weighted by Gasteiger charge is 2.10. The van der Waals surface area contributed by atoms with Crippen LogP contribution in [-0.2, 0) is 4.74 Å². The molecule has 0 aliphatic carbocycles. The lowest BCUT2D eigenvalue weighted by Gasteiger charge is -2.16. The zero-order valence-electron chi connectivity index (χ0n) is 15.1. The van der Waals surface area contributed by atoms with E-state index in [1.54, 1.807) is 12.1 Å². The average molecular weight is 358 g/mol. The molecule has 8 heteroatoms. The van der Waals surface area contributed by atoms with E-state index >= 15 is 0 Å². The SMILES string of the molecule is Cc1cc(C(=O)OCCCNc2ccc([N+](=O)[O-])cn2)ccc1N(C)C. The molecule has 0 saturated carbocycles. The van der Waals surface area contributed by atoms with Gasteiger partial charge in [-0.15, -0.1) is 0 Å². The third-order valence-electron chi connectivity index (χ3n) is 3.73. The van der Waals surface area contributed by atoms with Crippen LogP contribution in [-0.4, -0.2) is 43.1 Å². The van der Waals surface area contributed by atoms with Crippen LogP contribution >= 0.6 is 0 Å². The second-order valence-electron chi connectivity index (χ2n) is 5.97. The van der Waals surface area contributed by atoms with E-state index in [9.17, 15) is 14.9 Å². The molecule has 1 aromatic carbocycles. The molecule has 0 aliphatic heterocycles. The summed E-state index contributed by atoms with van der Waals surface area (Å²) in [4.78, 5) is 28.1. The van der Waals surface area contributed by atoms with E-state index in [1.165, 1.54) is 12.3 Å². The van der Waals surface area contributed by atoms with Gasteiger partial charge < -0.3 is 15.0 Å². The Bertz CT molecular complexity index is 775. The van der Waals surface area contributed by atoms with E-state index in [4.69, 9.17) is 4.74 Å². The lowest BCUT2D eigenvalue weighted by Crippen LogP contribution is -2.13. The van der Waals surface area contributed by atoms with E-state index in [0.717, 1.165) is 11.3 Å². The summed E-state index contributed by atoms with van der Waals surface area (Å²) in [5.74, 6) is 0.184. The highest BCUT2D eigenvalue weighted by molar-refractivity contribution is 5.90. The zero-order chi connectivity index (χ0) is 19.1. The molecule has 0 spiro atoms. The molecule has 8 nitrogen and oxygen atoms in total. The molecule has 2 aromatic rings. The molecule has 0 saturated heterocycles. The Morgan fingerprint density at radius 2 is 2.08 bits per heavy atom. The van der Waals surface area contributed by atoms with Gasteiger partial charge in [-0.2, -0.15) is 0 Å². The number of hydrogen-bond acceptors (Lipinski definition) is 7. The Hall–Kier alpha value is -3.16. The maximum Gasteiger partial charge on any atom is 0.338 e. The number of anilines is 2. The molecule has 0 aliphatic rings. The number of aryl methyl sites for hydroxylation is 1. The van der Waals surface area contributed by atoms with Gasteiger partial charge in [0, 0.05) is 32.4 Å². The maximum atomic E-state index is 12.1. The van der Waals surface area contributed by atoms with Crippen molar-refractivity contribution in [2.24, 2.45) is 0 Å². The fourth-order valence-corrected chi connectivity index (χ4v) is 2.42. The Labute approximate surface area is 152 Å². The number of nitrogens with zero attached hydrogens (tertiary/aromatic N) is 3. The van der Waals surface area contributed by atoms with Crippen LogP contribution in [0.3, 0.4) is 0 Å². The minimum Gasteiger partial charge on any atom is -0.462 e. The highest BCUT2D eigenvalue weighted by Crippen LogP contribution is 2.19. The van der Waals surface area contributed by atoms with Crippen LogP contribution in [0.5, 0.6) is 0 Å². The predicted octanol–water partition coefficient (Wildman–Crippen LogP) is 3.02. The largest absolute Gasteiger partial charge is 0.462 e.